The van der Waals surface area contributed by atoms with Gasteiger partial charge in [0.1, 0.15) is 5.70 Å². The van der Waals surface area contributed by atoms with E-state index in [1.165, 1.54) is 4.90 Å². The van der Waals surface area contributed by atoms with Crippen LogP contribution in [0.5, 0.6) is 0 Å². The third-order valence-corrected chi connectivity index (χ3v) is 4.32. The molecular formula is C22H24N2O3. The van der Waals surface area contributed by atoms with Gasteiger partial charge in [-0.3, -0.25) is 14.5 Å². The lowest BCUT2D eigenvalue weighted by Gasteiger charge is -2.16. The number of amides is 2. The number of para-hydroxylation sites is 1. The van der Waals surface area contributed by atoms with E-state index in [9.17, 15) is 9.59 Å². The van der Waals surface area contributed by atoms with Gasteiger partial charge in [-0.25, -0.2) is 0 Å². The van der Waals surface area contributed by atoms with Gasteiger partial charge in [-0.1, -0.05) is 48.0 Å². The maximum atomic E-state index is 13.0. The van der Waals surface area contributed by atoms with Crippen molar-refractivity contribution in [1.29, 1.82) is 0 Å². The van der Waals surface area contributed by atoms with Gasteiger partial charge in [0.15, 0.2) is 0 Å². The number of imide groups is 1. The first-order chi connectivity index (χ1) is 13.0. The Bertz CT molecular complexity index is 855. The van der Waals surface area contributed by atoms with Crippen LogP contribution in [0, 0.1) is 6.92 Å². The summed E-state index contributed by atoms with van der Waals surface area (Å²) < 4.78 is 5.53. The van der Waals surface area contributed by atoms with Crippen LogP contribution in [0.4, 0.5) is 5.69 Å². The lowest BCUT2D eigenvalue weighted by Crippen LogP contribution is -2.35. The number of hydrogen-bond donors (Lipinski definition) is 1. The van der Waals surface area contributed by atoms with Crippen molar-refractivity contribution in [3.63, 3.8) is 0 Å². The lowest BCUT2D eigenvalue weighted by atomic mass is 10.0. The van der Waals surface area contributed by atoms with Crippen molar-refractivity contribution in [2.45, 2.75) is 26.9 Å². The van der Waals surface area contributed by atoms with Crippen molar-refractivity contribution in [2.24, 2.45) is 0 Å². The van der Waals surface area contributed by atoms with Crippen molar-refractivity contribution in [3.05, 3.63) is 71.4 Å². The van der Waals surface area contributed by atoms with E-state index >= 15 is 0 Å². The number of aryl methyl sites for hydroxylation is 1. The molecule has 1 aliphatic rings. The minimum absolute atomic E-state index is 0.0456. The molecule has 0 unspecified atom stereocenters. The van der Waals surface area contributed by atoms with Gasteiger partial charge in [0.05, 0.1) is 24.8 Å². The zero-order valence-corrected chi connectivity index (χ0v) is 15.9. The summed E-state index contributed by atoms with van der Waals surface area (Å²) in [6.07, 6.45) is 0.0456. The van der Waals surface area contributed by atoms with Gasteiger partial charge in [-0.2, -0.15) is 0 Å². The summed E-state index contributed by atoms with van der Waals surface area (Å²) in [7, 11) is 0. The SMILES string of the molecule is Cc1ccc(C2=C(Nc3ccccc3)C(=O)N(CCOC(C)C)C2=O)cc1. The predicted molar refractivity (Wildman–Crippen MR) is 106 cm³/mol. The lowest BCUT2D eigenvalue weighted by molar-refractivity contribution is -0.137. The fraction of sp³-hybridized carbons (Fsp3) is 0.273. The maximum Gasteiger partial charge on any atom is 0.278 e. The van der Waals surface area contributed by atoms with Gasteiger partial charge in [0.25, 0.3) is 11.8 Å². The number of anilines is 1. The van der Waals surface area contributed by atoms with Crippen molar-refractivity contribution < 1.29 is 14.3 Å². The van der Waals surface area contributed by atoms with E-state index < -0.39 is 0 Å². The Morgan fingerprint density at radius 3 is 2.26 bits per heavy atom. The molecule has 0 bridgehead atoms. The molecule has 3 rings (SSSR count). The number of hydrogen-bond acceptors (Lipinski definition) is 4. The number of rotatable bonds is 7. The van der Waals surface area contributed by atoms with Crippen molar-refractivity contribution >= 4 is 23.1 Å². The summed E-state index contributed by atoms with van der Waals surface area (Å²) in [4.78, 5) is 27.3. The van der Waals surface area contributed by atoms with Crippen molar-refractivity contribution in [1.82, 2.24) is 4.90 Å². The predicted octanol–water partition coefficient (Wildman–Crippen LogP) is 3.61. The Morgan fingerprint density at radius 2 is 1.63 bits per heavy atom. The molecule has 0 aromatic heterocycles. The first-order valence-electron chi connectivity index (χ1n) is 9.08. The van der Waals surface area contributed by atoms with E-state index in [1.807, 2.05) is 75.4 Å². The van der Waals surface area contributed by atoms with Crippen LogP contribution in [0.1, 0.15) is 25.0 Å². The third kappa shape index (κ3) is 4.26. The molecule has 5 nitrogen and oxygen atoms in total. The summed E-state index contributed by atoms with van der Waals surface area (Å²) in [5.41, 5.74) is 3.28. The zero-order valence-electron chi connectivity index (χ0n) is 15.9. The first kappa shape index (κ1) is 18.9. The fourth-order valence-corrected chi connectivity index (χ4v) is 2.93. The molecule has 140 valence electrons. The molecule has 0 saturated carbocycles. The molecule has 0 aliphatic carbocycles. The van der Waals surface area contributed by atoms with E-state index in [2.05, 4.69) is 5.32 Å². The molecule has 1 N–H and O–H groups in total. The van der Waals surface area contributed by atoms with E-state index in [-0.39, 0.29) is 24.5 Å². The van der Waals surface area contributed by atoms with Gasteiger partial charge >= 0.3 is 0 Å². The molecule has 1 heterocycles. The number of ether oxygens (including phenoxy) is 1. The highest BCUT2D eigenvalue weighted by Crippen LogP contribution is 2.30. The second-order valence-corrected chi connectivity index (χ2v) is 6.79. The van der Waals surface area contributed by atoms with Crippen LogP contribution in [0.3, 0.4) is 0 Å². The second-order valence-electron chi connectivity index (χ2n) is 6.79. The normalized spacial score (nSPS) is 14.4. The number of nitrogens with zero attached hydrogens (tertiary/aromatic N) is 1. The topological polar surface area (TPSA) is 58.6 Å². The van der Waals surface area contributed by atoms with Crippen molar-refractivity contribution in [2.75, 3.05) is 18.5 Å². The van der Waals surface area contributed by atoms with Crippen LogP contribution in [-0.2, 0) is 14.3 Å². The second kappa shape index (κ2) is 8.18. The highest BCUT2D eigenvalue weighted by Gasteiger charge is 2.38. The molecule has 0 saturated heterocycles. The number of benzene rings is 2. The smallest absolute Gasteiger partial charge is 0.278 e. The molecule has 5 heteroatoms. The van der Waals surface area contributed by atoms with Gasteiger partial charge in [0, 0.05) is 5.69 Å². The van der Waals surface area contributed by atoms with Gasteiger partial charge < -0.3 is 10.1 Å². The van der Waals surface area contributed by atoms with Gasteiger partial charge in [0.2, 0.25) is 0 Å². The minimum atomic E-state index is -0.327. The Labute approximate surface area is 159 Å². The van der Waals surface area contributed by atoms with Crippen LogP contribution in [0.25, 0.3) is 5.57 Å². The summed E-state index contributed by atoms with van der Waals surface area (Å²) in [6, 6.07) is 17.0. The molecule has 0 radical (unpaired) electrons. The summed E-state index contributed by atoms with van der Waals surface area (Å²) >= 11 is 0. The van der Waals surface area contributed by atoms with Crippen LogP contribution < -0.4 is 5.32 Å². The standard InChI is InChI=1S/C22H24N2O3/c1-15(2)27-14-13-24-21(25)19(17-11-9-16(3)10-12-17)20(22(24)26)23-18-7-5-4-6-8-18/h4-12,15,23H,13-14H2,1-3H3. The maximum absolute atomic E-state index is 13.0. The van der Waals surface area contributed by atoms with Crippen LogP contribution >= 0.6 is 0 Å². The molecule has 27 heavy (non-hydrogen) atoms. The fourth-order valence-electron chi connectivity index (χ4n) is 2.93. The largest absolute Gasteiger partial charge is 0.377 e. The molecule has 2 aromatic rings. The summed E-state index contributed by atoms with van der Waals surface area (Å²) in [5.74, 6) is -0.624. The van der Waals surface area contributed by atoms with Gasteiger partial charge in [-0.05, 0) is 38.5 Å². The summed E-state index contributed by atoms with van der Waals surface area (Å²) in [6.45, 7) is 6.37. The molecular weight excluding hydrogens is 340 g/mol. The quantitative estimate of drug-likeness (QED) is 0.763. The molecule has 0 fully saturated rings. The van der Waals surface area contributed by atoms with E-state index in [1.54, 1.807) is 0 Å². The summed E-state index contributed by atoms with van der Waals surface area (Å²) in [5, 5.41) is 3.14. The average Bonchev–Trinajstić information content (AvgIpc) is 2.87. The van der Waals surface area contributed by atoms with Crippen LogP contribution in [0.2, 0.25) is 0 Å². The van der Waals surface area contributed by atoms with E-state index in [4.69, 9.17) is 4.74 Å². The minimum Gasteiger partial charge on any atom is -0.377 e. The number of carbonyl (C=O) groups excluding carboxylic acids is 2. The third-order valence-electron chi connectivity index (χ3n) is 4.32. The highest BCUT2D eigenvalue weighted by molar-refractivity contribution is 6.36. The molecule has 0 spiro atoms. The number of nitrogens with one attached hydrogen (secondary N) is 1. The van der Waals surface area contributed by atoms with Crippen molar-refractivity contribution in [3.8, 4) is 0 Å². The van der Waals surface area contributed by atoms with Crippen LogP contribution in [0.15, 0.2) is 60.3 Å². The number of carbonyl (C=O) groups is 2. The molecule has 2 aromatic carbocycles. The molecule has 0 atom stereocenters. The zero-order chi connectivity index (χ0) is 19.4. The Morgan fingerprint density at radius 1 is 0.963 bits per heavy atom. The van der Waals surface area contributed by atoms with E-state index in [0.717, 1.165) is 16.8 Å². The Balaban J connectivity index is 1.94. The Kier molecular flexibility index (Phi) is 5.72. The first-order valence-corrected chi connectivity index (χ1v) is 9.08. The van der Waals surface area contributed by atoms with E-state index in [0.29, 0.717) is 17.9 Å². The highest BCUT2D eigenvalue weighted by atomic mass is 16.5. The molecule has 2 amide bonds. The van der Waals surface area contributed by atoms with Crippen LogP contribution in [-0.4, -0.2) is 36.0 Å². The van der Waals surface area contributed by atoms with Gasteiger partial charge in [-0.15, -0.1) is 0 Å². The molecule has 1 aliphatic heterocycles. The monoisotopic (exact) mass is 364 g/mol. The Hall–Kier alpha value is -2.92. The average molecular weight is 364 g/mol.